The van der Waals surface area contributed by atoms with Gasteiger partial charge in [-0.15, -0.1) is 0 Å². The maximum Gasteiger partial charge on any atom is 0.269 e. The third-order valence-electron chi connectivity index (χ3n) is 8.80. The van der Waals surface area contributed by atoms with Crippen LogP contribution in [0.3, 0.4) is 0 Å². The fourth-order valence-corrected chi connectivity index (χ4v) is 7.05. The average Bonchev–Trinajstić information content (AvgIpc) is 3.47. The molecule has 0 bridgehead atoms. The quantitative estimate of drug-likeness (QED) is 0.130. The van der Waals surface area contributed by atoms with Gasteiger partial charge in [0.2, 0.25) is 0 Å². The first-order valence-corrected chi connectivity index (χ1v) is 13.5. The third-order valence-corrected chi connectivity index (χ3v) is 8.80. The molecule has 8 nitrogen and oxygen atoms in total. The minimum Gasteiger partial charge on any atom is -0.497 e. The maximum absolute atomic E-state index is 14.7. The first kappa shape index (κ1) is 25.6. The van der Waals surface area contributed by atoms with Crippen LogP contribution in [0.4, 0.5) is 11.4 Å². The number of nitrogens with zero attached hydrogens (tertiary/aromatic N) is 2. The summed E-state index contributed by atoms with van der Waals surface area (Å²) in [7, 11) is 1.53. The number of Topliss-reactive ketones (excluding diaryl/α,β-unsaturated/α-hetero) is 3. The number of hydrogen-bond acceptors (Lipinski definition) is 7. The number of hydrogen-bond donors (Lipinski definition) is 0. The summed E-state index contributed by atoms with van der Waals surface area (Å²) in [6.07, 6.45) is 3.71. The Labute approximate surface area is 241 Å². The van der Waals surface area contributed by atoms with Gasteiger partial charge in [0, 0.05) is 40.4 Å². The highest BCUT2D eigenvalue weighted by atomic mass is 16.6. The van der Waals surface area contributed by atoms with Crippen molar-refractivity contribution in [2.75, 3.05) is 12.0 Å². The van der Waals surface area contributed by atoms with Crippen LogP contribution >= 0.6 is 0 Å². The highest BCUT2D eigenvalue weighted by Gasteiger charge is 2.71. The lowest BCUT2D eigenvalue weighted by Crippen LogP contribution is -2.48. The minimum atomic E-state index is -1.73. The third kappa shape index (κ3) is 3.38. The van der Waals surface area contributed by atoms with Crippen LogP contribution in [-0.4, -0.2) is 41.5 Å². The molecule has 1 aliphatic carbocycles. The monoisotopic (exact) mass is 556 g/mol. The summed E-state index contributed by atoms with van der Waals surface area (Å²) in [5.74, 6) is -1.53. The molecule has 2 aliphatic heterocycles. The zero-order valence-corrected chi connectivity index (χ0v) is 22.5. The molecule has 4 aromatic rings. The molecule has 42 heavy (non-hydrogen) atoms. The van der Waals surface area contributed by atoms with E-state index in [4.69, 9.17) is 4.74 Å². The Balaban J connectivity index is 1.54. The molecule has 4 aromatic carbocycles. The van der Waals surface area contributed by atoms with E-state index in [-0.39, 0.29) is 23.0 Å². The summed E-state index contributed by atoms with van der Waals surface area (Å²) in [5.41, 5.74) is 0.975. The predicted octanol–water partition coefficient (Wildman–Crippen LogP) is 5.92. The van der Waals surface area contributed by atoms with Crippen LogP contribution in [0.25, 0.3) is 6.08 Å². The SMILES string of the molecule is COc1ccc(C(=O)[C@@H]2[C@H](c3cccc([N+](=O)[O-])c3)C3(C(=O)c4ccccc4C3=O)[C@@H]3C=Cc4ccccc4N23)cc1. The van der Waals surface area contributed by atoms with Crippen LogP contribution in [0.15, 0.2) is 103 Å². The van der Waals surface area contributed by atoms with E-state index in [9.17, 15) is 24.5 Å². The number of non-ortho nitro benzene ring substituents is 1. The van der Waals surface area contributed by atoms with Crippen molar-refractivity contribution in [1.82, 2.24) is 0 Å². The molecule has 3 atom stereocenters. The molecule has 0 saturated carbocycles. The van der Waals surface area contributed by atoms with E-state index in [0.29, 0.717) is 33.7 Å². The summed E-state index contributed by atoms with van der Waals surface area (Å²) < 4.78 is 5.29. The highest BCUT2D eigenvalue weighted by molar-refractivity contribution is 6.32. The van der Waals surface area contributed by atoms with Crippen LogP contribution in [-0.2, 0) is 0 Å². The summed E-state index contributed by atoms with van der Waals surface area (Å²) >= 11 is 0. The molecule has 3 aliphatic rings. The Morgan fingerprint density at radius 3 is 2.21 bits per heavy atom. The number of carbonyl (C=O) groups is 3. The molecule has 7 rings (SSSR count). The van der Waals surface area contributed by atoms with Gasteiger partial charge in [-0.25, -0.2) is 0 Å². The van der Waals surface area contributed by atoms with Gasteiger partial charge in [-0.2, -0.15) is 0 Å². The van der Waals surface area contributed by atoms with Gasteiger partial charge >= 0.3 is 0 Å². The molecular weight excluding hydrogens is 532 g/mol. The molecule has 1 fully saturated rings. The van der Waals surface area contributed by atoms with Crippen LogP contribution < -0.4 is 9.64 Å². The molecule has 0 radical (unpaired) electrons. The van der Waals surface area contributed by atoms with Crippen molar-refractivity contribution < 1.29 is 24.0 Å². The second-order valence-electron chi connectivity index (χ2n) is 10.7. The van der Waals surface area contributed by atoms with Gasteiger partial charge in [0.05, 0.1) is 18.1 Å². The number of ketones is 3. The topological polar surface area (TPSA) is 107 Å². The molecule has 0 unspecified atom stereocenters. The summed E-state index contributed by atoms with van der Waals surface area (Å²) in [6.45, 7) is 0. The van der Waals surface area contributed by atoms with Crippen molar-refractivity contribution >= 4 is 34.8 Å². The van der Waals surface area contributed by atoms with Crippen molar-refractivity contribution in [2.24, 2.45) is 5.41 Å². The summed E-state index contributed by atoms with van der Waals surface area (Å²) in [6, 6.07) is 25.0. The molecule has 1 saturated heterocycles. The Morgan fingerprint density at radius 1 is 0.881 bits per heavy atom. The van der Waals surface area contributed by atoms with Gasteiger partial charge in [-0.3, -0.25) is 24.5 Å². The average molecular weight is 557 g/mol. The molecule has 206 valence electrons. The lowest BCUT2D eigenvalue weighted by Gasteiger charge is -2.37. The largest absolute Gasteiger partial charge is 0.497 e. The normalized spacial score (nSPS) is 21.2. The number of rotatable bonds is 5. The number of fused-ring (bicyclic) bond motifs is 5. The maximum atomic E-state index is 14.7. The van der Waals surface area contributed by atoms with Crippen molar-refractivity contribution in [1.29, 1.82) is 0 Å². The number of nitro benzene ring substituents is 1. The lowest BCUT2D eigenvalue weighted by molar-refractivity contribution is -0.384. The minimum absolute atomic E-state index is 0.186. The smallest absolute Gasteiger partial charge is 0.269 e. The molecule has 0 aromatic heterocycles. The molecule has 1 spiro atoms. The second-order valence-corrected chi connectivity index (χ2v) is 10.7. The number of nitro groups is 1. The molecule has 0 amide bonds. The van der Waals surface area contributed by atoms with Crippen LogP contribution in [0, 0.1) is 15.5 Å². The summed E-state index contributed by atoms with van der Waals surface area (Å²) in [4.78, 5) is 57.2. The number of methoxy groups -OCH3 is 1. The number of benzene rings is 4. The van der Waals surface area contributed by atoms with Crippen LogP contribution in [0.5, 0.6) is 5.75 Å². The highest BCUT2D eigenvalue weighted by Crippen LogP contribution is 2.61. The molecule has 2 heterocycles. The van der Waals surface area contributed by atoms with Crippen molar-refractivity contribution in [3.63, 3.8) is 0 Å². The van der Waals surface area contributed by atoms with Crippen molar-refractivity contribution in [3.8, 4) is 5.75 Å². The van der Waals surface area contributed by atoms with Gasteiger partial charge in [0.25, 0.3) is 5.69 Å². The second kappa shape index (κ2) is 9.34. The standard InChI is InChI=1S/C34H24N2O6/c1-42-24-16-13-21(14-17-24)31(37)30-29(22-8-6-9-23(19-22)36(40)41)34(32(38)25-10-3-4-11-26(25)33(34)39)28-18-15-20-7-2-5-12-27(20)35(28)30/h2-19,28-30H,1H3/t28-,29-,30-/m0/s1. The van der Waals surface area contributed by atoms with Gasteiger partial charge in [0.15, 0.2) is 17.3 Å². The molecule has 0 N–H and O–H groups in total. The van der Waals surface area contributed by atoms with Crippen molar-refractivity contribution in [2.45, 2.75) is 18.0 Å². The van der Waals surface area contributed by atoms with Gasteiger partial charge < -0.3 is 9.64 Å². The summed E-state index contributed by atoms with van der Waals surface area (Å²) in [5, 5.41) is 11.9. The van der Waals surface area contributed by atoms with Crippen molar-refractivity contribution in [3.05, 3.63) is 141 Å². The number of anilines is 1. The Hall–Kier alpha value is -5.37. The van der Waals surface area contributed by atoms with Gasteiger partial charge in [0.1, 0.15) is 17.2 Å². The van der Waals surface area contributed by atoms with E-state index >= 15 is 0 Å². The van der Waals surface area contributed by atoms with E-state index in [2.05, 4.69) is 0 Å². The Morgan fingerprint density at radius 2 is 1.55 bits per heavy atom. The zero-order chi connectivity index (χ0) is 29.2. The van der Waals surface area contributed by atoms with E-state index in [0.717, 1.165) is 5.56 Å². The molecule has 8 heteroatoms. The van der Waals surface area contributed by atoms with Crippen LogP contribution in [0.1, 0.15) is 48.1 Å². The first-order chi connectivity index (χ1) is 20.4. The van der Waals surface area contributed by atoms with Gasteiger partial charge in [-0.1, -0.05) is 66.7 Å². The zero-order valence-electron chi connectivity index (χ0n) is 22.5. The fraction of sp³-hybridized carbons (Fsp3) is 0.147. The lowest BCUT2D eigenvalue weighted by atomic mass is 9.64. The first-order valence-electron chi connectivity index (χ1n) is 13.5. The fourth-order valence-electron chi connectivity index (χ4n) is 7.05. The van der Waals surface area contributed by atoms with E-state index in [1.54, 1.807) is 54.6 Å². The van der Waals surface area contributed by atoms with Crippen LogP contribution in [0.2, 0.25) is 0 Å². The van der Waals surface area contributed by atoms with E-state index in [1.165, 1.54) is 25.3 Å². The Kier molecular flexibility index (Phi) is 5.69. The van der Waals surface area contributed by atoms with E-state index in [1.807, 2.05) is 41.3 Å². The Bertz CT molecular complexity index is 1810. The predicted molar refractivity (Wildman–Crippen MR) is 156 cm³/mol. The number of carbonyl (C=O) groups excluding carboxylic acids is 3. The molecular formula is C34H24N2O6. The van der Waals surface area contributed by atoms with Gasteiger partial charge in [-0.05, 0) is 41.5 Å². The number of ether oxygens (including phenoxy) is 1. The number of para-hydroxylation sites is 1. The van der Waals surface area contributed by atoms with E-state index < -0.39 is 28.3 Å².